The second-order valence-electron chi connectivity index (χ2n) is 5.75. The first-order valence-corrected chi connectivity index (χ1v) is 7.72. The summed E-state index contributed by atoms with van der Waals surface area (Å²) < 4.78 is 3.73. The van der Waals surface area contributed by atoms with Gasteiger partial charge in [-0.25, -0.2) is 0 Å². The van der Waals surface area contributed by atoms with Gasteiger partial charge in [0.1, 0.15) is 0 Å². The minimum absolute atomic E-state index is 0.232. The minimum atomic E-state index is 0.232. The van der Waals surface area contributed by atoms with Gasteiger partial charge in [0.25, 0.3) is 0 Å². The number of hydrogen-bond donors (Lipinski definition) is 1. The van der Waals surface area contributed by atoms with Crippen molar-refractivity contribution in [3.05, 3.63) is 54.1 Å². The highest BCUT2D eigenvalue weighted by atomic mass is 15.5. The smallest absolute Gasteiger partial charge is 0.170 e. The molecule has 2 heterocycles. The van der Waals surface area contributed by atoms with Gasteiger partial charge in [0.05, 0.1) is 24.5 Å². The molecule has 2 aromatic heterocycles. The van der Waals surface area contributed by atoms with Crippen molar-refractivity contribution in [2.45, 2.75) is 39.4 Å². The van der Waals surface area contributed by atoms with Crippen molar-refractivity contribution in [2.75, 3.05) is 0 Å². The molecular weight excluding hydrogens is 290 g/mol. The lowest BCUT2D eigenvalue weighted by atomic mass is 10.2. The first-order chi connectivity index (χ1) is 11.1. The summed E-state index contributed by atoms with van der Waals surface area (Å²) >= 11 is 0. The molecule has 0 amide bonds. The number of rotatable bonds is 6. The van der Waals surface area contributed by atoms with Crippen LogP contribution in [0.25, 0.3) is 5.69 Å². The average molecular weight is 311 g/mol. The van der Waals surface area contributed by atoms with Crippen molar-refractivity contribution in [2.24, 2.45) is 0 Å². The van der Waals surface area contributed by atoms with E-state index >= 15 is 0 Å². The molecule has 0 aliphatic carbocycles. The number of aromatic nitrogens is 6. The van der Waals surface area contributed by atoms with Crippen molar-refractivity contribution < 1.29 is 0 Å². The highest BCUT2D eigenvalue weighted by Crippen LogP contribution is 2.12. The molecule has 0 radical (unpaired) electrons. The zero-order chi connectivity index (χ0) is 16.2. The second kappa shape index (κ2) is 6.70. The van der Waals surface area contributed by atoms with Gasteiger partial charge < -0.3 is 5.32 Å². The third-order valence-corrected chi connectivity index (χ3v) is 3.99. The summed E-state index contributed by atoms with van der Waals surface area (Å²) in [6.45, 7) is 6.92. The van der Waals surface area contributed by atoms with Crippen molar-refractivity contribution in [3.63, 3.8) is 0 Å². The molecule has 2 atom stereocenters. The molecule has 0 aliphatic rings. The Balaban J connectivity index is 1.66. The molecule has 7 heteroatoms. The predicted molar refractivity (Wildman–Crippen MR) is 87.1 cm³/mol. The Kier molecular flexibility index (Phi) is 4.47. The first-order valence-electron chi connectivity index (χ1n) is 7.72. The summed E-state index contributed by atoms with van der Waals surface area (Å²) in [5.41, 5.74) is 2.12. The molecule has 0 bridgehead atoms. The summed E-state index contributed by atoms with van der Waals surface area (Å²) in [6, 6.07) is 10.4. The topological polar surface area (TPSA) is 73.5 Å². The monoisotopic (exact) mass is 311 g/mol. The number of aryl methyl sites for hydroxylation is 1. The van der Waals surface area contributed by atoms with E-state index in [9.17, 15) is 0 Å². The number of benzene rings is 1. The third-order valence-electron chi connectivity index (χ3n) is 3.99. The number of nitrogens with zero attached hydrogens (tertiary/aromatic N) is 6. The summed E-state index contributed by atoms with van der Waals surface area (Å²) in [6.07, 6.45) is 3.93. The molecule has 23 heavy (non-hydrogen) atoms. The fraction of sp³-hybridized carbons (Fsp3) is 0.375. The third kappa shape index (κ3) is 3.45. The van der Waals surface area contributed by atoms with E-state index in [1.54, 1.807) is 4.68 Å². The van der Waals surface area contributed by atoms with Crippen LogP contribution in [0.15, 0.2) is 42.7 Å². The largest absolute Gasteiger partial charge is 0.305 e. The van der Waals surface area contributed by atoms with E-state index in [1.807, 2.05) is 48.1 Å². The Labute approximate surface area is 135 Å². The van der Waals surface area contributed by atoms with Crippen LogP contribution in [0.4, 0.5) is 0 Å². The van der Waals surface area contributed by atoms with Crippen LogP contribution in [-0.2, 0) is 6.54 Å². The Morgan fingerprint density at radius 3 is 2.65 bits per heavy atom. The number of para-hydroxylation sites is 1. The molecular formula is C16H21N7. The molecule has 0 unspecified atom stereocenters. The van der Waals surface area contributed by atoms with Crippen LogP contribution in [0, 0.1) is 6.92 Å². The zero-order valence-electron chi connectivity index (χ0n) is 13.6. The van der Waals surface area contributed by atoms with Crippen LogP contribution in [0.2, 0.25) is 0 Å². The van der Waals surface area contributed by atoms with Crippen LogP contribution < -0.4 is 5.32 Å². The molecule has 7 nitrogen and oxygen atoms in total. The lowest BCUT2D eigenvalue weighted by molar-refractivity contribution is 0.361. The van der Waals surface area contributed by atoms with Crippen LogP contribution in [-0.4, -0.2) is 36.0 Å². The minimum Gasteiger partial charge on any atom is -0.305 e. The van der Waals surface area contributed by atoms with Crippen molar-refractivity contribution in [1.82, 2.24) is 35.3 Å². The summed E-state index contributed by atoms with van der Waals surface area (Å²) in [5, 5.41) is 19.8. The van der Waals surface area contributed by atoms with E-state index < -0.39 is 0 Å². The molecule has 120 valence electrons. The molecule has 0 spiro atoms. The lowest BCUT2D eigenvalue weighted by Gasteiger charge is -2.21. The molecule has 0 aliphatic heterocycles. The summed E-state index contributed by atoms with van der Waals surface area (Å²) in [5.74, 6) is 0.784. The van der Waals surface area contributed by atoms with E-state index in [-0.39, 0.29) is 12.1 Å². The van der Waals surface area contributed by atoms with Gasteiger partial charge in [0.2, 0.25) is 0 Å². The maximum Gasteiger partial charge on any atom is 0.170 e. The summed E-state index contributed by atoms with van der Waals surface area (Å²) in [4.78, 5) is 0. The van der Waals surface area contributed by atoms with Gasteiger partial charge in [0.15, 0.2) is 5.82 Å². The number of nitrogens with one attached hydrogen (secondary N) is 1. The molecule has 1 N–H and O–H groups in total. The maximum atomic E-state index is 4.38. The van der Waals surface area contributed by atoms with Gasteiger partial charge in [0, 0.05) is 12.2 Å². The molecule has 3 aromatic rings. The Morgan fingerprint density at radius 2 is 1.96 bits per heavy atom. The first kappa shape index (κ1) is 15.4. The number of tetrazole rings is 1. The predicted octanol–water partition coefficient (Wildman–Crippen LogP) is 1.91. The standard InChI is InChI=1S/C16H21N7/c1-12-9-18-22(11-12)14(3)13(2)17-10-16-19-20-21-23(16)15-7-5-4-6-8-15/h4-9,11,13-14,17H,10H2,1-3H3/t13-,14-/m0/s1. The van der Waals surface area contributed by atoms with Gasteiger partial charge in [-0.15, -0.1) is 5.10 Å². The van der Waals surface area contributed by atoms with Gasteiger partial charge in [-0.3, -0.25) is 4.68 Å². The zero-order valence-corrected chi connectivity index (χ0v) is 13.6. The quantitative estimate of drug-likeness (QED) is 0.753. The molecule has 0 fully saturated rings. The van der Waals surface area contributed by atoms with Gasteiger partial charge in [-0.2, -0.15) is 9.78 Å². The van der Waals surface area contributed by atoms with Crippen LogP contribution in [0.1, 0.15) is 31.3 Å². The van der Waals surface area contributed by atoms with Crippen LogP contribution >= 0.6 is 0 Å². The normalized spacial score (nSPS) is 13.9. The van der Waals surface area contributed by atoms with Gasteiger partial charge in [-0.1, -0.05) is 18.2 Å². The van der Waals surface area contributed by atoms with Gasteiger partial charge >= 0.3 is 0 Å². The van der Waals surface area contributed by atoms with E-state index in [4.69, 9.17) is 0 Å². The Bertz CT molecular complexity index is 747. The molecule has 3 rings (SSSR count). The molecule has 0 saturated heterocycles. The summed E-state index contributed by atoms with van der Waals surface area (Å²) in [7, 11) is 0. The van der Waals surface area contributed by atoms with Crippen molar-refractivity contribution in [1.29, 1.82) is 0 Å². The van der Waals surface area contributed by atoms with E-state index in [0.29, 0.717) is 6.54 Å². The highest BCUT2D eigenvalue weighted by Gasteiger charge is 2.16. The lowest BCUT2D eigenvalue weighted by Crippen LogP contribution is -2.34. The Morgan fingerprint density at radius 1 is 1.17 bits per heavy atom. The van der Waals surface area contributed by atoms with E-state index in [1.165, 1.54) is 0 Å². The van der Waals surface area contributed by atoms with Crippen LogP contribution in [0.3, 0.4) is 0 Å². The van der Waals surface area contributed by atoms with Crippen molar-refractivity contribution in [3.8, 4) is 5.69 Å². The fourth-order valence-electron chi connectivity index (χ4n) is 2.39. The SMILES string of the molecule is Cc1cnn([C@@H](C)[C@H](C)NCc2nnnn2-c2ccccc2)c1. The van der Waals surface area contributed by atoms with Gasteiger partial charge in [-0.05, 0) is 48.9 Å². The van der Waals surface area contributed by atoms with E-state index in [0.717, 1.165) is 17.1 Å². The van der Waals surface area contributed by atoms with E-state index in [2.05, 4.69) is 46.0 Å². The Hall–Kier alpha value is -2.54. The van der Waals surface area contributed by atoms with Crippen molar-refractivity contribution >= 4 is 0 Å². The average Bonchev–Trinajstić information content (AvgIpc) is 3.21. The maximum absolute atomic E-state index is 4.38. The molecule has 0 saturated carbocycles. The molecule has 1 aromatic carbocycles. The number of hydrogen-bond acceptors (Lipinski definition) is 5. The van der Waals surface area contributed by atoms with Crippen LogP contribution in [0.5, 0.6) is 0 Å². The highest BCUT2D eigenvalue weighted by molar-refractivity contribution is 5.30. The second-order valence-corrected chi connectivity index (χ2v) is 5.75. The fourth-order valence-corrected chi connectivity index (χ4v) is 2.39.